The molecule has 0 spiro atoms. The molecule has 0 aromatic heterocycles. The van der Waals surface area contributed by atoms with Crippen molar-refractivity contribution in [1.29, 1.82) is 0 Å². The summed E-state index contributed by atoms with van der Waals surface area (Å²) in [6.07, 6.45) is -0.561. The maximum atomic E-state index is 13.5. The molecule has 7 heteroatoms. The van der Waals surface area contributed by atoms with Gasteiger partial charge in [-0.1, -0.05) is 12.1 Å². The van der Waals surface area contributed by atoms with Crippen LogP contribution in [0.5, 0.6) is 5.75 Å². The lowest BCUT2D eigenvalue weighted by Crippen LogP contribution is -2.31. The van der Waals surface area contributed by atoms with Crippen molar-refractivity contribution in [2.75, 3.05) is 25.5 Å². The van der Waals surface area contributed by atoms with E-state index < -0.39 is 17.5 Å². The molecule has 0 aliphatic rings. The summed E-state index contributed by atoms with van der Waals surface area (Å²) in [6, 6.07) is 12.6. The molecule has 2 rings (SSSR count). The van der Waals surface area contributed by atoms with E-state index in [4.69, 9.17) is 9.47 Å². The maximum Gasteiger partial charge on any atom is 0.412 e. The summed E-state index contributed by atoms with van der Waals surface area (Å²) in [4.78, 5) is 25.7. The van der Waals surface area contributed by atoms with Gasteiger partial charge >= 0.3 is 6.09 Å². The smallest absolute Gasteiger partial charge is 0.412 e. The van der Waals surface area contributed by atoms with Crippen LogP contribution in [0.1, 0.15) is 31.1 Å². The summed E-state index contributed by atoms with van der Waals surface area (Å²) < 4.78 is 24.1. The van der Waals surface area contributed by atoms with Gasteiger partial charge in [-0.2, -0.15) is 0 Å². The fraction of sp³-hybridized carbons (Fsp3) is 0.333. The molecule has 0 atom stereocenters. The van der Waals surface area contributed by atoms with Gasteiger partial charge in [-0.25, -0.2) is 9.18 Å². The van der Waals surface area contributed by atoms with E-state index in [2.05, 4.69) is 5.32 Å². The molecule has 0 unspecified atom stereocenters. The van der Waals surface area contributed by atoms with Gasteiger partial charge in [0.2, 0.25) is 0 Å². The van der Waals surface area contributed by atoms with E-state index in [0.717, 1.165) is 0 Å². The minimum absolute atomic E-state index is 0.154. The average Bonchev–Trinajstić information content (AvgIpc) is 2.61. The number of hydrogen-bond donors (Lipinski definition) is 1. The monoisotopic (exact) mass is 388 g/mol. The Labute approximate surface area is 164 Å². The summed E-state index contributed by atoms with van der Waals surface area (Å²) in [5.74, 6) is -0.494. The van der Waals surface area contributed by atoms with E-state index >= 15 is 0 Å². The molecule has 2 amide bonds. The molecule has 2 aromatic rings. The number of amides is 2. The van der Waals surface area contributed by atoms with Crippen LogP contribution in [0.25, 0.3) is 0 Å². The van der Waals surface area contributed by atoms with Crippen LogP contribution < -0.4 is 10.1 Å². The molecule has 0 aliphatic carbocycles. The minimum atomic E-state index is -0.590. The zero-order valence-corrected chi connectivity index (χ0v) is 16.5. The van der Waals surface area contributed by atoms with Gasteiger partial charge in [-0.15, -0.1) is 0 Å². The van der Waals surface area contributed by atoms with Crippen LogP contribution in [0.4, 0.5) is 14.9 Å². The van der Waals surface area contributed by atoms with Gasteiger partial charge in [-0.3, -0.25) is 10.1 Å². The number of anilines is 1. The maximum absolute atomic E-state index is 13.5. The summed E-state index contributed by atoms with van der Waals surface area (Å²) in [5, 5.41) is 2.61. The molecule has 2 aromatic carbocycles. The highest BCUT2D eigenvalue weighted by molar-refractivity contribution is 5.95. The fourth-order valence-corrected chi connectivity index (χ4v) is 2.29. The SMILES string of the molecule is CN(CCOc1ccccc1F)C(=O)c1ccc(NC(=O)OC(C)(C)C)cc1. The Bertz CT molecular complexity index is 816. The van der Waals surface area contributed by atoms with Crippen LogP contribution in [0.3, 0.4) is 0 Å². The number of para-hydroxylation sites is 1. The standard InChI is InChI=1S/C21H25FN2O4/c1-21(2,3)28-20(26)23-16-11-9-15(10-12-16)19(25)24(4)13-14-27-18-8-6-5-7-17(18)22/h5-12H,13-14H2,1-4H3,(H,23,26). The lowest BCUT2D eigenvalue weighted by atomic mass is 10.2. The molecular formula is C21H25FN2O4. The summed E-state index contributed by atoms with van der Waals surface area (Å²) >= 11 is 0. The number of likely N-dealkylation sites (N-methyl/N-ethyl adjacent to an activating group) is 1. The molecule has 150 valence electrons. The normalized spacial score (nSPS) is 10.9. The Balaban J connectivity index is 1.86. The Morgan fingerprint density at radius 2 is 1.71 bits per heavy atom. The van der Waals surface area contributed by atoms with E-state index in [9.17, 15) is 14.0 Å². The molecule has 0 saturated heterocycles. The Hall–Kier alpha value is -3.09. The largest absolute Gasteiger partial charge is 0.489 e. The molecule has 1 N–H and O–H groups in total. The highest BCUT2D eigenvalue weighted by Crippen LogP contribution is 2.16. The second-order valence-electron chi connectivity index (χ2n) is 7.21. The first-order chi connectivity index (χ1) is 13.2. The third-order valence-corrected chi connectivity index (χ3v) is 3.64. The van der Waals surface area contributed by atoms with Crippen molar-refractivity contribution in [3.8, 4) is 5.75 Å². The van der Waals surface area contributed by atoms with Crippen LogP contribution in [0.15, 0.2) is 48.5 Å². The molecule has 28 heavy (non-hydrogen) atoms. The average molecular weight is 388 g/mol. The first-order valence-electron chi connectivity index (χ1n) is 8.88. The van der Waals surface area contributed by atoms with Crippen molar-refractivity contribution in [1.82, 2.24) is 4.90 Å². The van der Waals surface area contributed by atoms with Crippen molar-refractivity contribution in [3.63, 3.8) is 0 Å². The van der Waals surface area contributed by atoms with Gasteiger partial charge in [0, 0.05) is 18.3 Å². The van der Waals surface area contributed by atoms with Gasteiger partial charge in [0.05, 0.1) is 6.54 Å². The molecule has 0 saturated carbocycles. The highest BCUT2D eigenvalue weighted by atomic mass is 19.1. The predicted octanol–water partition coefficient (Wildman–Crippen LogP) is 4.32. The fourth-order valence-electron chi connectivity index (χ4n) is 2.29. The van der Waals surface area contributed by atoms with Gasteiger partial charge in [-0.05, 0) is 57.2 Å². The lowest BCUT2D eigenvalue weighted by molar-refractivity contribution is 0.0635. The lowest BCUT2D eigenvalue weighted by Gasteiger charge is -2.20. The zero-order valence-electron chi connectivity index (χ0n) is 16.5. The van der Waals surface area contributed by atoms with E-state index in [0.29, 0.717) is 17.8 Å². The number of nitrogens with zero attached hydrogens (tertiary/aromatic N) is 1. The number of rotatable bonds is 6. The summed E-state index contributed by atoms with van der Waals surface area (Å²) in [7, 11) is 1.64. The summed E-state index contributed by atoms with van der Waals surface area (Å²) in [5.41, 5.74) is 0.396. The second-order valence-corrected chi connectivity index (χ2v) is 7.21. The predicted molar refractivity (Wildman–Crippen MR) is 105 cm³/mol. The molecule has 0 radical (unpaired) electrons. The molecule has 0 aliphatic heterocycles. The number of hydrogen-bond acceptors (Lipinski definition) is 4. The van der Waals surface area contributed by atoms with Crippen molar-refractivity contribution in [2.24, 2.45) is 0 Å². The number of carbonyl (C=O) groups is 2. The first-order valence-corrected chi connectivity index (χ1v) is 8.88. The Kier molecular flexibility index (Phi) is 6.98. The molecule has 0 heterocycles. The second kappa shape index (κ2) is 9.21. The number of halogens is 1. The van der Waals surface area contributed by atoms with Gasteiger partial charge in [0.1, 0.15) is 12.2 Å². The van der Waals surface area contributed by atoms with Crippen molar-refractivity contribution in [3.05, 3.63) is 59.9 Å². The number of carbonyl (C=O) groups excluding carboxylic acids is 2. The molecule has 6 nitrogen and oxygen atoms in total. The molecular weight excluding hydrogens is 363 g/mol. The van der Waals surface area contributed by atoms with E-state index in [1.165, 1.54) is 17.0 Å². The van der Waals surface area contributed by atoms with Crippen molar-refractivity contribution < 1.29 is 23.5 Å². The number of ether oxygens (including phenoxy) is 2. The zero-order chi connectivity index (χ0) is 20.7. The van der Waals surface area contributed by atoms with Crippen molar-refractivity contribution in [2.45, 2.75) is 26.4 Å². The third kappa shape index (κ3) is 6.57. The summed E-state index contributed by atoms with van der Waals surface area (Å²) in [6.45, 7) is 5.80. The quantitative estimate of drug-likeness (QED) is 0.800. The van der Waals surface area contributed by atoms with Gasteiger partial charge in [0.15, 0.2) is 11.6 Å². The van der Waals surface area contributed by atoms with Crippen LogP contribution in [-0.4, -0.2) is 42.7 Å². The third-order valence-electron chi connectivity index (χ3n) is 3.64. The highest BCUT2D eigenvalue weighted by Gasteiger charge is 2.17. The molecule has 0 fully saturated rings. The van der Waals surface area contributed by atoms with Crippen molar-refractivity contribution >= 4 is 17.7 Å². The minimum Gasteiger partial charge on any atom is -0.489 e. The topological polar surface area (TPSA) is 67.9 Å². The van der Waals surface area contributed by atoms with E-state index in [1.54, 1.807) is 64.2 Å². The van der Waals surface area contributed by atoms with Crippen LogP contribution in [0.2, 0.25) is 0 Å². The van der Waals surface area contributed by atoms with Crippen LogP contribution >= 0.6 is 0 Å². The van der Waals surface area contributed by atoms with Crippen LogP contribution in [-0.2, 0) is 4.74 Å². The van der Waals surface area contributed by atoms with E-state index in [1.807, 2.05) is 0 Å². The van der Waals surface area contributed by atoms with Gasteiger partial charge < -0.3 is 14.4 Å². The number of nitrogens with one attached hydrogen (secondary N) is 1. The van der Waals surface area contributed by atoms with Crippen LogP contribution in [0, 0.1) is 5.82 Å². The van der Waals surface area contributed by atoms with Gasteiger partial charge in [0.25, 0.3) is 5.91 Å². The Morgan fingerprint density at radius 3 is 2.32 bits per heavy atom. The molecule has 0 bridgehead atoms. The number of benzene rings is 2. The van der Waals surface area contributed by atoms with E-state index in [-0.39, 0.29) is 18.3 Å². The Morgan fingerprint density at radius 1 is 1.07 bits per heavy atom. The first kappa shape index (κ1) is 21.2.